The van der Waals surface area contributed by atoms with Crippen LogP contribution in [-0.4, -0.2) is 48.3 Å². The van der Waals surface area contributed by atoms with Gasteiger partial charge in [-0.1, -0.05) is 24.3 Å². The normalized spacial score (nSPS) is 15.8. The summed E-state index contributed by atoms with van der Waals surface area (Å²) in [6.07, 6.45) is 0.310. The molecular formula is C14H19N3O2. The molecule has 0 unspecified atom stereocenters. The highest BCUT2D eigenvalue weighted by molar-refractivity contribution is 5.87. The number of nitrogens with zero attached hydrogens (tertiary/aromatic N) is 2. The van der Waals surface area contributed by atoms with E-state index in [0.29, 0.717) is 26.1 Å². The Kier molecular flexibility index (Phi) is 4.16. The van der Waals surface area contributed by atoms with Crippen molar-refractivity contribution in [3.05, 3.63) is 35.4 Å². The van der Waals surface area contributed by atoms with E-state index in [4.69, 9.17) is 5.73 Å². The smallest absolute Gasteiger partial charge is 0.241 e. The molecule has 5 nitrogen and oxygen atoms in total. The molecule has 1 aromatic carbocycles. The van der Waals surface area contributed by atoms with E-state index in [1.807, 2.05) is 24.3 Å². The maximum atomic E-state index is 12.2. The van der Waals surface area contributed by atoms with Gasteiger partial charge in [0.25, 0.3) is 0 Å². The second-order valence-corrected chi connectivity index (χ2v) is 4.78. The average Bonchev–Trinajstić information content (AvgIpc) is 2.42. The van der Waals surface area contributed by atoms with Gasteiger partial charge in [0.05, 0.1) is 13.0 Å². The molecule has 1 heterocycles. The molecule has 2 rings (SSSR count). The van der Waals surface area contributed by atoms with Crippen molar-refractivity contribution in [3.8, 4) is 0 Å². The molecule has 2 amide bonds. The Hall–Kier alpha value is -1.88. The maximum absolute atomic E-state index is 12.2. The van der Waals surface area contributed by atoms with Gasteiger partial charge in [0.2, 0.25) is 11.8 Å². The lowest BCUT2D eigenvalue weighted by Crippen LogP contribution is -2.51. The monoisotopic (exact) mass is 261 g/mol. The molecule has 1 fully saturated rings. The fourth-order valence-corrected chi connectivity index (χ4v) is 2.18. The third kappa shape index (κ3) is 3.12. The Bertz CT molecular complexity index is 487. The van der Waals surface area contributed by atoms with Gasteiger partial charge in [0.1, 0.15) is 0 Å². The molecule has 0 bridgehead atoms. The lowest BCUT2D eigenvalue weighted by molar-refractivity contribution is -0.143. The highest BCUT2D eigenvalue weighted by atomic mass is 16.2. The number of benzene rings is 1. The maximum Gasteiger partial charge on any atom is 0.241 e. The van der Waals surface area contributed by atoms with Gasteiger partial charge < -0.3 is 15.5 Å². The van der Waals surface area contributed by atoms with E-state index in [1.54, 1.807) is 16.8 Å². The highest BCUT2D eigenvalue weighted by Gasteiger charge is 2.24. The molecule has 5 heteroatoms. The Labute approximate surface area is 113 Å². The third-order valence-corrected chi connectivity index (χ3v) is 3.49. The number of hydrogen-bond donors (Lipinski definition) is 1. The molecule has 102 valence electrons. The molecular weight excluding hydrogens is 242 g/mol. The van der Waals surface area contributed by atoms with Crippen LogP contribution in [0, 0.1) is 0 Å². The zero-order valence-corrected chi connectivity index (χ0v) is 11.1. The first-order chi connectivity index (χ1) is 9.11. The second kappa shape index (κ2) is 5.84. The Balaban J connectivity index is 2.03. The van der Waals surface area contributed by atoms with E-state index in [0.717, 1.165) is 11.1 Å². The van der Waals surface area contributed by atoms with Crippen LogP contribution in [0.5, 0.6) is 0 Å². The second-order valence-electron chi connectivity index (χ2n) is 4.78. The van der Waals surface area contributed by atoms with Crippen LogP contribution in [0.4, 0.5) is 0 Å². The topological polar surface area (TPSA) is 66.6 Å². The van der Waals surface area contributed by atoms with Crippen molar-refractivity contribution in [3.63, 3.8) is 0 Å². The number of carbonyl (C=O) groups is 2. The van der Waals surface area contributed by atoms with Crippen molar-refractivity contribution in [1.82, 2.24) is 9.80 Å². The molecule has 0 saturated carbocycles. The van der Waals surface area contributed by atoms with Crippen LogP contribution in [0.25, 0.3) is 0 Å². The summed E-state index contributed by atoms with van der Waals surface area (Å²) < 4.78 is 0. The Morgan fingerprint density at radius 2 is 1.95 bits per heavy atom. The van der Waals surface area contributed by atoms with Gasteiger partial charge in [0, 0.05) is 26.7 Å². The summed E-state index contributed by atoms with van der Waals surface area (Å²) in [6.45, 7) is 1.81. The number of carbonyl (C=O) groups excluding carboxylic acids is 2. The minimum absolute atomic E-state index is 0.00768. The van der Waals surface area contributed by atoms with Crippen LogP contribution < -0.4 is 5.73 Å². The van der Waals surface area contributed by atoms with Crippen LogP contribution in [0.1, 0.15) is 11.1 Å². The molecule has 2 N–H and O–H groups in total. The number of piperazine rings is 1. The van der Waals surface area contributed by atoms with E-state index in [2.05, 4.69) is 0 Å². The van der Waals surface area contributed by atoms with E-state index in [9.17, 15) is 9.59 Å². The van der Waals surface area contributed by atoms with Crippen molar-refractivity contribution < 1.29 is 9.59 Å². The summed E-state index contributed by atoms with van der Waals surface area (Å²) >= 11 is 0. The molecule has 1 saturated heterocycles. The number of nitrogens with two attached hydrogens (primary N) is 1. The molecule has 0 aromatic heterocycles. The molecule has 0 radical (unpaired) electrons. The van der Waals surface area contributed by atoms with Crippen LogP contribution in [0.3, 0.4) is 0 Å². The van der Waals surface area contributed by atoms with Crippen LogP contribution in [-0.2, 0) is 22.6 Å². The van der Waals surface area contributed by atoms with Crippen molar-refractivity contribution in [2.24, 2.45) is 5.73 Å². The van der Waals surface area contributed by atoms with Gasteiger partial charge in [-0.05, 0) is 11.1 Å². The zero-order valence-electron chi connectivity index (χ0n) is 11.1. The number of hydrogen-bond acceptors (Lipinski definition) is 3. The number of likely N-dealkylation sites (N-methyl/N-ethyl adjacent to an activating group) is 1. The van der Waals surface area contributed by atoms with Crippen LogP contribution in [0.15, 0.2) is 24.3 Å². The average molecular weight is 261 g/mol. The van der Waals surface area contributed by atoms with Gasteiger partial charge in [-0.2, -0.15) is 0 Å². The van der Waals surface area contributed by atoms with Crippen LogP contribution >= 0.6 is 0 Å². The van der Waals surface area contributed by atoms with Crippen LogP contribution in [0.2, 0.25) is 0 Å². The summed E-state index contributed by atoms with van der Waals surface area (Å²) in [5.41, 5.74) is 7.59. The van der Waals surface area contributed by atoms with E-state index in [-0.39, 0.29) is 18.4 Å². The minimum atomic E-state index is -0.0117. The molecule has 0 atom stereocenters. The number of amides is 2. The summed E-state index contributed by atoms with van der Waals surface area (Å²) in [5.74, 6) is -0.0194. The standard InChI is InChI=1S/C14H19N3O2/c1-16-6-7-17(10-14(16)19)13(18)8-11-4-2-3-5-12(11)9-15/h2-5H,6-10,15H2,1H3. The van der Waals surface area contributed by atoms with Gasteiger partial charge in [0.15, 0.2) is 0 Å². The largest absolute Gasteiger partial charge is 0.342 e. The summed E-state index contributed by atoms with van der Waals surface area (Å²) in [7, 11) is 1.76. The predicted molar refractivity (Wildman–Crippen MR) is 72.3 cm³/mol. The molecule has 0 aliphatic carbocycles. The summed E-state index contributed by atoms with van der Waals surface area (Å²) in [4.78, 5) is 27.1. The minimum Gasteiger partial charge on any atom is -0.342 e. The van der Waals surface area contributed by atoms with Gasteiger partial charge >= 0.3 is 0 Å². The van der Waals surface area contributed by atoms with E-state index < -0.39 is 0 Å². The Morgan fingerprint density at radius 1 is 1.26 bits per heavy atom. The quantitative estimate of drug-likeness (QED) is 0.832. The molecule has 1 aromatic rings. The summed E-state index contributed by atoms with van der Waals surface area (Å²) in [5, 5.41) is 0. The first kappa shape index (κ1) is 13.5. The fourth-order valence-electron chi connectivity index (χ4n) is 2.18. The molecule has 1 aliphatic heterocycles. The molecule has 19 heavy (non-hydrogen) atoms. The Morgan fingerprint density at radius 3 is 2.58 bits per heavy atom. The SMILES string of the molecule is CN1CCN(C(=O)Cc2ccccc2CN)CC1=O. The molecule has 0 spiro atoms. The molecule has 1 aliphatic rings. The van der Waals surface area contributed by atoms with Gasteiger partial charge in [-0.25, -0.2) is 0 Å². The van der Waals surface area contributed by atoms with E-state index >= 15 is 0 Å². The predicted octanol–water partition coefficient (Wildman–Crippen LogP) is -0.0116. The lowest BCUT2D eigenvalue weighted by atomic mass is 10.0. The first-order valence-electron chi connectivity index (χ1n) is 6.40. The van der Waals surface area contributed by atoms with E-state index in [1.165, 1.54) is 0 Å². The first-order valence-corrected chi connectivity index (χ1v) is 6.40. The third-order valence-electron chi connectivity index (χ3n) is 3.49. The van der Waals surface area contributed by atoms with Crippen molar-refractivity contribution in [2.75, 3.05) is 26.7 Å². The van der Waals surface area contributed by atoms with Gasteiger partial charge in [-0.15, -0.1) is 0 Å². The lowest BCUT2D eigenvalue weighted by Gasteiger charge is -2.32. The zero-order chi connectivity index (χ0) is 13.8. The van der Waals surface area contributed by atoms with Crippen molar-refractivity contribution >= 4 is 11.8 Å². The van der Waals surface area contributed by atoms with Crippen molar-refractivity contribution in [1.29, 1.82) is 0 Å². The number of rotatable bonds is 3. The van der Waals surface area contributed by atoms with Crippen molar-refractivity contribution in [2.45, 2.75) is 13.0 Å². The summed E-state index contributed by atoms with van der Waals surface area (Å²) in [6, 6.07) is 7.65. The highest BCUT2D eigenvalue weighted by Crippen LogP contribution is 2.11. The van der Waals surface area contributed by atoms with Gasteiger partial charge in [-0.3, -0.25) is 9.59 Å². The fraction of sp³-hybridized carbons (Fsp3) is 0.429.